The molecular weight excluding hydrogens is 312 g/mol. The number of hydrogen-bond donors (Lipinski definition) is 2. The van der Waals surface area contributed by atoms with Crippen LogP contribution in [0.25, 0.3) is 33.3 Å². The fraction of sp³-hybridized carbons (Fsp3) is 0.0588. The minimum Gasteiger partial charge on any atom is -0.397 e. The number of aromatic nitrogens is 3. The number of hydrogen-bond acceptors (Lipinski definition) is 3. The lowest BCUT2D eigenvalue weighted by atomic mass is 10.1. The van der Waals surface area contributed by atoms with Crippen LogP contribution in [-0.2, 0) is 7.05 Å². The average molecular weight is 325 g/mol. The monoisotopic (exact) mass is 324 g/mol. The molecule has 0 amide bonds. The SMILES string of the molecule is Cn1c(=O)c(-c2nc3ccccc3[nH]2)c(N)c2cc(Cl)ccc21. The van der Waals surface area contributed by atoms with E-state index >= 15 is 0 Å². The Morgan fingerprint density at radius 2 is 2.00 bits per heavy atom. The number of anilines is 1. The Balaban J connectivity index is 2.12. The normalized spacial score (nSPS) is 11.4. The van der Waals surface area contributed by atoms with Crippen molar-refractivity contribution in [3.05, 3.63) is 57.8 Å². The molecule has 114 valence electrons. The Labute approximate surface area is 136 Å². The maximum Gasteiger partial charge on any atom is 0.263 e. The summed E-state index contributed by atoms with van der Waals surface area (Å²) in [5.41, 5.74) is 9.20. The molecule has 4 aromatic rings. The molecule has 0 aliphatic carbocycles. The summed E-state index contributed by atoms with van der Waals surface area (Å²) in [6.07, 6.45) is 0. The van der Waals surface area contributed by atoms with Crippen molar-refractivity contribution in [3.8, 4) is 11.4 Å². The van der Waals surface area contributed by atoms with Gasteiger partial charge in [0.1, 0.15) is 11.4 Å². The Kier molecular flexibility index (Phi) is 2.92. The summed E-state index contributed by atoms with van der Waals surface area (Å²) in [4.78, 5) is 20.4. The zero-order valence-electron chi connectivity index (χ0n) is 12.3. The van der Waals surface area contributed by atoms with Gasteiger partial charge >= 0.3 is 0 Å². The number of aryl methyl sites for hydroxylation is 1. The van der Waals surface area contributed by atoms with Gasteiger partial charge < -0.3 is 15.3 Å². The molecule has 6 heteroatoms. The molecular formula is C17H13ClN4O. The zero-order chi connectivity index (χ0) is 16.1. The van der Waals surface area contributed by atoms with E-state index in [1.807, 2.05) is 24.3 Å². The third-order valence-corrected chi connectivity index (χ3v) is 4.26. The molecule has 0 saturated carbocycles. The molecule has 0 atom stereocenters. The number of halogens is 1. The van der Waals surface area contributed by atoms with Gasteiger partial charge in [0.25, 0.3) is 5.56 Å². The van der Waals surface area contributed by atoms with Gasteiger partial charge in [-0.25, -0.2) is 4.98 Å². The Hall–Kier alpha value is -2.79. The molecule has 0 bridgehead atoms. The van der Waals surface area contributed by atoms with Crippen molar-refractivity contribution in [2.75, 3.05) is 5.73 Å². The van der Waals surface area contributed by atoms with E-state index in [-0.39, 0.29) is 5.56 Å². The van der Waals surface area contributed by atoms with Crippen LogP contribution in [0.3, 0.4) is 0 Å². The maximum absolute atomic E-state index is 12.8. The summed E-state index contributed by atoms with van der Waals surface area (Å²) in [7, 11) is 1.71. The second kappa shape index (κ2) is 4.86. The van der Waals surface area contributed by atoms with Crippen molar-refractivity contribution in [1.82, 2.24) is 14.5 Å². The molecule has 0 aliphatic heterocycles. The van der Waals surface area contributed by atoms with E-state index in [4.69, 9.17) is 17.3 Å². The van der Waals surface area contributed by atoms with Gasteiger partial charge in [0.05, 0.1) is 22.2 Å². The highest BCUT2D eigenvalue weighted by Gasteiger charge is 2.18. The number of nitrogens with two attached hydrogens (primary N) is 1. The van der Waals surface area contributed by atoms with Crippen LogP contribution in [0.1, 0.15) is 0 Å². The number of nitrogen functional groups attached to an aromatic ring is 1. The largest absolute Gasteiger partial charge is 0.397 e. The van der Waals surface area contributed by atoms with E-state index in [2.05, 4.69) is 9.97 Å². The van der Waals surface area contributed by atoms with Gasteiger partial charge in [-0.1, -0.05) is 23.7 Å². The van der Waals surface area contributed by atoms with Crippen molar-refractivity contribution in [2.24, 2.45) is 7.05 Å². The van der Waals surface area contributed by atoms with Crippen LogP contribution in [0, 0.1) is 0 Å². The first-order valence-corrected chi connectivity index (χ1v) is 7.47. The summed E-state index contributed by atoms with van der Waals surface area (Å²) < 4.78 is 1.56. The van der Waals surface area contributed by atoms with Crippen molar-refractivity contribution < 1.29 is 0 Å². The van der Waals surface area contributed by atoms with Crippen molar-refractivity contribution in [2.45, 2.75) is 0 Å². The van der Waals surface area contributed by atoms with Crippen molar-refractivity contribution in [1.29, 1.82) is 0 Å². The van der Waals surface area contributed by atoms with E-state index in [1.54, 1.807) is 29.8 Å². The second-order valence-electron chi connectivity index (χ2n) is 5.42. The minimum absolute atomic E-state index is 0.198. The number of fused-ring (bicyclic) bond motifs is 2. The number of H-pyrrole nitrogens is 1. The van der Waals surface area contributed by atoms with Crippen LogP contribution in [-0.4, -0.2) is 14.5 Å². The number of aromatic amines is 1. The first-order valence-electron chi connectivity index (χ1n) is 7.09. The number of imidazole rings is 1. The van der Waals surface area contributed by atoms with Crippen molar-refractivity contribution >= 4 is 39.2 Å². The molecule has 0 radical (unpaired) electrons. The molecule has 3 N–H and O–H groups in total. The highest BCUT2D eigenvalue weighted by Crippen LogP contribution is 2.30. The average Bonchev–Trinajstić information content (AvgIpc) is 2.96. The quantitative estimate of drug-likeness (QED) is 0.564. The highest BCUT2D eigenvalue weighted by atomic mass is 35.5. The fourth-order valence-corrected chi connectivity index (χ4v) is 3.02. The first kappa shape index (κ1) is 13.8. The molecule has 2 aromatic carbocycles. The van der Waals surface area contributed by atoms with Gasteiger partial charge in [0.2, 0.25) is 0 Å². The molecule has 4 rings (SSSR count). The summed E-state index contributed by atoms with van der Waals surface area (Å²) in [6, 6.07) is 12.9. The number of pyridine rings is 1. The van der Waals surface area contributed by atoms with Gasteiger partial charge in [0, 0.05) is 17.5 Å². The van der Waals surface area contributed by atoms with Crippen LogP contribution in [0.2, 0.25) is 5.02 Å². The number of rotatable bonds is 1. The summed E-state index contributed by atoms with van der Waals surface area (Å²) in [5.74, 6) is 0.464. The number of benzene rings is 2. The molecule has 2 aromatic heterocycles. The van der Waals surface area contributed by atoms with Crippen LogP contribution in [0.15, 0.2) is 47.3 Å². The summed E-state index contributed by atoms with van der Waals surface area (Å²) in [5, 5.41) is 1.30. The predicted molar refractivity (Wildman–Crippen MR) is 93.7 cm³/mol. The van der Waals surface area contributed by atoms with Crippen LogP contribution < -0.4 is 11.3 Å². The lowest BCUT2D eigenvalue weighted by Crippen LogP contribution is -2.21. The summed E-state index contributed by atoms with van der Waals surface area (Å²) in [6.45, 7) is 0. The lowest BCUT2D eigenvalue weighted by Gasteiger charge is -2.11. The first-order chi connectivity index (χ1) is 11.1. The predicted octanol–water partition coefficient (Wildman–Crippen LogP) is 3.32. The van der Waals surface area contributed by atoms with Crippen LogP contribution >= 0.6 is 11.6 Å². The van der Waals surface area contributed by atoms with Gasteiger partial charge in [-0.05, 0) is 30.3 Å². The smallest absolute Gasteiger partial charge is 0.263 e. The third kappa shape index (κ3) is 2.01. The maximum atomic E-state index is 12.8. The molecule has 5 nitrogen and oxygen atoms in total. The molecule has 0 aliphatic rings. The Morgan fingerprint density at radius 3 is 2.78 bits per heavy atom. The fourth-order valence-electron chi connectivity index (χ4n) is 2.84. The van der Waals surface area contributed by atoms with Gasteiger partial charge in [-0.15, -0.1) is 0 Å². The zero-order valence-corrected chi connectivity index (χ0v) is 13.1. The van der Waals surface area contributed by atoms with Crippen LogP contribution in [0.5, 0.6) is 0 Å². The highest BCUT2D eigenvalue weighted by molar-refractivity contribution is 6.31. The summed E-state index contributed by atoms with van der Waals surface area (Å²) >= 11 is 6.08. The molecule has 0 saturated heterocycles. The van der Waals surface area contributed by atoms with E-state index in [1.165, 1.54) is 0 Å². The van der Waals surface area contributed by atoms with Crippen molar-refractivity contribution in [3.63, 3.8) is 0 Å². The standard InChI is InChI=1S/C17H13ClN4O/c1-22-13-7-6-9(18)8-10(13)15(19)14(17(22)23)16-20-11-4-2-3-5-12(11)21-16/h2-8H,19H2,1H3,(H,20,21). The second-order valence-corrected chi connectivity index (χ2v) is 5.85. The van der Waals surface area contributed by atoms with Crippen LogP contribution in [0.4, 0.5) is 5.69 Å². The molecule has 0 fully saturated rings. The number of para-hydroxylation sites is 2. The third-order valence-electron chi connectivity index (χ3n) is 4.02. The Morgan fingerprint density at radius 1 is 1.22 bits per heavy atom. The minimum atomic E-state index is -0.198. The number of nitrogens with one attached hydrogen (secondary N) is 1. The lowest BCUT2D eigenvalue weighted by molar-refractivity contribution is 0.907. The Bertz CT molecular complexity index is 1090. The molecule has 2 heterocycles. The molecule has 0 spiro atoms. The van der Waals surface area contributed by atoms with Gasteiger partial charge in [-0.2, -0.15) is 0 Å². The molecule has 0 unspecified atom stereocenters. The molecule has 23 heavy (non-hydrogen) atoms. The number of nitrogens with zero attached hydrogens (tertiary/aromatic N) is 2. The van der Waals surface area contributed by atoms with E-state index in [0.29, 0.717) is 22.1 Å². The van der Waals surface area contributed by atoms with Gasteiger partial charge in [-0.3, -0.25) is 4.79 Å². The van der Waals surface area contributed by atoms with E-state index in [9.17, 15) is 4.79 Å². The van der Waals surface area contributed by atoms with Gasteiger partial charge in [0.15, 0.2) is 0 Å². The topological polar surface area (TPSA) is 76.7 Å². The van der Waals surface area contributed by atoms with E-state index in [0.717, 1.165) is 21.9 Å². The van der Waals surface area contributed by atoms with E-state index < -0.39 is 0 Å².